The second-order valence-corrected chi connectivity index (χ2v) is 5.14. The Morgan fingerprint density at radius 3 is 2.94 bits per heavy atom. The number of amides is 1. The minimum atomic E-state index is 0.0326. The standard InChI is InChI=1S/C12H10BrClN2O/c13-10-2-1-3-11(9(10)6-15)16-7-8(5-14)4-12(16)17/h1-3,8H,4-5,7H2. The minimum absolute atomic E-state index is 0.0326. The molecule has 0 saturated carbocycles. The van der Waals surface area contributed by atoms with Crippen LogP contribution in [-0.2, 0) is 4.79 Å². The second-order valence-electron chi connectivity index (χ2n) is 3.97. The molecule has 88 valence electrons. The van der Waals surface area contributed by atoms with E-state index in [0.29, 0.717) is 34.6 Å². The highest BCUT2D eigenvalue weighted by Gasteiger charge is 2.31. The molecular formula is C12H10BrClN2O. The van der Waals surface area contributed by atoms with E-state index in [1.807, 2.05) is 6.07 Å². The molecule has 0 aliphatic carbocycles. The average molecular weight is 314 g/mol. The van der Waals surface area contributed by atoms with Crippen LogP contribution in [0, 0.1) is 17.2 Å². The van der Waals surface area contributed by atoms with Gasteiger partial charge >= 0.3 is 0 Å². The van der Waals surface area contributed by atoms with Crippen molar-refractivity contribution in [1.29, 1.82) is 5.26 Å². The Morgan fingerprint density at radius 1 is 1.59 bits per heavy atom. The number of hydrogen-bond donors (Lipinski definition) is 0. The van der Waals surface area contributed by atoms with E-state index in [1.165, 1.54) is 0 Å². The lowest BCUT2D eigenvalue weighted by Gasteiger charge is -2.18. The average Bonchev–Trinajstić information content (AvgIpc) is 2.70. The normalized spacial score (nSPS) is 19.5. The SMILES string of the molecule is N#Cc1c(Br)cccc1N1CC(CCl)CC1=O. The van der Waals surface area contributed by atoms with Crippen LogP contribution >= 0.6 is 27.5 Å². The van der Waals surface area contributed by atoms with Crippen molar-refractivity contribution in [2.45, 2.75) is 6.42 Å². The zero-order chi connectivity index (χ0) is 12.4. The van der Waals surface area contributed by atoms with Crippen molar-refractivity contribution in [3.63, 3.8) is 0 Å². The van der Waals surface area contributed by atoms with Crippen LogP contribution in [0.15, 0.2) is 22.7 Å². The molecule has 1 unspecified atom stereocenters. The molecule has 5 heteroatoms. The quantitative estimate of drug-likeness (QED) is 0.788. The number of benzene rings is 1. The Kier molecular flexibility index (Phi) is 3.70. The predicted molar refractivity (Wildman–Crippen MR) is 70.0 cm³/mol. The van der Waals surface area contributed by atoms with E-state index in [2.05, 4.69) is 22.0 Å². The number of nitriles is 1. The molecule has 1 aliphatic heterocycles. The first-order chi connectivity index (χ1) is 8.17. The third-order valence-electron chi connectivity index (χ3n) is 2.82. The maximum Gasteiger partial charge on any atom is 0.227 e. The molecule has 17 heavy (non-hydrogen) atoms. The summed E-state index contributed by atoms with van der Waals surface area (Å²) in [6.07, 6.45) is 0.459. The summed E-state index contributed by atoms with van der Waals surface area (Å²) >= 11 is 9.10. The highest BCUT2D eigenvalue weighted by Crippen LogP contribution is 2.31. The van der Waals surface area contributed by atoms with Crippen molar-refractivity contribution < 1.29 is 4.79 Å². The molecule has 1 aromatic rings. The van der Waals surface area contributed by atoms with Gasteiger partial charge in [-0.05, 0) is 34.0 Å². The number of anilines is 1. The molecular weight excluding hydrogens is 304 g/mol. The predicted octanol–water partition coefficient (Wildman–Crippen LogP) is 2.91. The topological polar surface area (TPSA) is 44.1 Å². The number of carbonyl (C=O) groups excluding carboxylic acids is 1. The molecule has 0 spiro atoms. The fourth-order valence-electron chi connectivity index (χ4n) is 1.97. The molecule has 1 saturated heterocycles. The first-order valence-corrected chi connectivity index (χ1v) is 6.55. The number of alkyl halides is 1. The third-order valence-corrected chi connectivity index (χ3v) is 3.91. The van der Waals surface area contributed by atoms with Gasteiger partial charge in [-0.2, -0.15) is 5.26 Å². The lowest BCUT2D eigenvalue weighted by molar-refractivity contribution is -0.117. The highest BCUT2D eigenvalue weighted by molar-refractivity contribution is 9.10. The highest BCUT2D eigenvalue weighted by atomic mass is 79.9. The van der Waals surface area contributed by atoms with Crippen molar-refractivity contribution >= 4 is 39.1 Å². The smallest absolute Gasteiger partial charge is 0.227 e. The number of halogens is 2. The van der Waals surface area contributed by atoms with Crippen molar-refractivity contribution in [2.24, 2.45) is 5.92 Å². The first-order valence-electron chi connectivity index (χ1n) is 5.22. The summed E-state index contributed by atoms with van der Waals surface area (Å²) in [7, 11) is 0. The summed E-state index contributed by atoms with van der Waals surface area (Å²) < 4.78 is 0.708. The molecule has 3 nitrogen and oxygen atoms in total. The number of rotatable bonds is 2. The van der Waals surface area contributed by atoms with Gasteiger partial charge in [0.15, 0.2) is 0 Å². The molecule has 0 aromatic heterocycles. The van der Waals surface area contributed by atoms with Crippen LogP contribution in [0.4, 0.5) is 5.69 Å². The van der Waals surface area contributed by atoms with Crippen LogP contribution in [0.5, 0.6) is 0 Å². The van der Waals surface area contributed by atoms with Gasteiger partial charge in [-0.3, -0.25) is 4.79 Å². The van der Waals surface area contributed by atoms with Gasteiger partial charge in [0, 0.05) is 23.3 Å². The fourth-order valence-corrected chi connectivity index (χ4v) is 2.62. The number of nitrogens with zero attached hydrogens (tertiary/aromatic N) is 2. The molecule has 1 fully saturated rings. The molecule has 2 rings (SSSR count). The Labute approximate surface area is 113 Å². The van der Waals surface area contributed by atoms with E-state index < -0.39 is 0 Å². The lowest BCUT2D eigenvalue weighted by Crippen LogP contribution is -2.25. The zero-order valence-electron chi connectivity index (χ0n) is 8.99. The van der Waals surface area contributed by atoms with Crippen LogP contribution < -0.4 is 4.90 Å². The Morgan fingerprint density at radius 2 is 2.35 bits per heavy atom. The summed E-state index contributed by atoms with van der Waals surface area (Å²) in [6.45, 7) is 0.591. The van der Waals surface area contributed by atoms with Gasteiger partial charge in [-0.25, -0.2) is 0 Å². The Hall–Kier alpha value is -1.05. The van der Waals surface area contributed by atoms with Crippen molar-refractivity contribution in [3.8, 4) is 6.07 Å². The Balaban J connectivity index is 2.39. The monoisotopic (exact) mass is 312 g/mol. The van der Waals surface area contributed by atoms with Gasteiger partial charge < -0.3 is 4.90 Å². The lowest BCUT2D eigenvalue weighted by atomic mass is 10.1. The van der Waals surface area contributed by atoms with E-state index in [1.54, 1.807) is 17.0 Å². The van der Waals surface area contributed by atoms with Crippen LogP contribution in [0.1, 0.15) is 12.0 Å². The van der Waals surface area contributed by atoms with Crippen LogP contribution in [0.25, 0.3) is 0 Å². The molecule has 1 aliphatic rings. The second kappa shape index (κ2) is 5.07. The molecule has 1 aromatic carbocycles. The van der Waals surface area contributed by atoms with Crippen molar-refractivity contribution in [2.75, 3.05) is 17.3 Å². The summed E-state index contributed by atoms with van der Waals surface area (Å²) in [5, 5.41) is 9.12. The summed E-state index contributed by atoms with van der Waals surface area (Å²) in [6, 6.07) is 7.52. The molecule has 0 bridgehead atoms. The maximum atomic E-state index is 11.9. The van der Waals surface area contributed by atoms with Gasteiger partial charge in [0.2, 0.25) is 5.91 Å². The molecule has 0 radical (unpaired) electrons. The Bertz CT molecular complexity index is 498. The number of hydrogen-bond acceptors (Lipinski definition) is 2. The van der Waals surface area contributed by atoms with Crippen LogP contribution in [-0.4, -0.2) is 18.3 Å². The fraction of sp³-hybridized carbons (Fsp3) is 0.333. The van der Waals surface area contributed by atoms with E-state index in [9.17, 15) is 4.79 Å². The van der Waals surface area contributed by atoms with E-state index in [0.717, 1.165) is 0 Å². The third kappa shape index (κ3) is 2.31. The molecule has 1 amide bonds. The number of carbonyl (C=O) groups is 1. The minimum Gasteiger partial charge on any atom is -0.311 e. The van der Waals surface area contributed by atoms with Gasteiger partial charge in [0.25, 0.3) is 0 Å². The van der Waals surface area contributed by atoms with Crippen molar-refractivity contribution in [3.05, 3.63) is 28.2 Å². The van der Waals surface area contributed by atoms with Crippen LogP contribution in [0.2, 0.25) is 0 Å². The summed E-state index contributed by atoms with van der Waals surface area (Å²) in [4.78, 5) is 13.5. The van der Waals surface area contributed by atoms with Gasteiger partial charge in [-0.15, -0.1) is 11.6 Å². The molecule has 0 N–H and O–H groups in total. The van der Waals surface area contributed by atoms with E-state index in [4.69, 9.17) is 16.9 Å². The maximum absolute atomic E-state index is 11.9. The molecule has 1 heterocycles. The molecule has 1 atom stereocenters. The van der Waals surface area contributed by atoms with Gasteiger partial charge in [-0.1, -0.05) is 6.07 Å². The zero-order valence-corrected chi connectivity index (χ0v) is 11.3. The summed E-state index contributed by atoms with van der Waals surface area (Å²) in [5.74, 6) is 0.679. The van der Waals surface area contributed by atoms with E-state index >= 15 is 0 Å². The van der Waals surface area contributed by atoms with Gasteiger partial charge in [0.1, 0.15) is 6.07 Å². The largest absolute Gasteiger partial charge is 0.311 e. The van der Waals surface area contributed by atoms with Crippen molar-refractivity contribution in [1.82, 2.24) is 0 Å². The summed E-state index contributed by atoms with van der Waals surface area (Å²) in [5.41, 5.74) is 1.16. The van der Waals surface area contributed by atoms with Gasteiger partial charge in [0.05, 0.1) is 11.3 Å². The van der Waals surface area contributed by atoms with Crippen LogP contribution in [0.3, 0.4) is 0 Å². The first kappa shape index (κ1) is 12.4. The van der Waals surface area contributed by atoms with E-state index in [-0.39, 0.29) is 11.8 Å².